The van der Waals surface area contributed by atoms with Crippen molar-refractivity contribution in [1.29, 1.82) is 0 Å². The molecule has 88 valence electrons. The molecule has 2 heterocycles. The van der Waals surface area contributed by atoms with Gasteiger partial charge in [0.25, 0.3) is 5.91 Å². The van der Waals surface area contributed by atoms with E-state index in [1.165, 1.54) is 10.9 Å². The topological polar surface area (TPSA) is 41.4 Å². The van der Waals surface area contributed by atoms with E-state index >= 15 is 0 Å². The van der Waals surface area contributed by atoms with E-state index < -0.39 is 0 Å². The zero-order valence-corrected chi connectivity index (χ0v) is 10.2. The highest BCUT2D eigenvalue weighted by molar-refractivity contribution is 6.32. The number of carbonyl (C=O) groups excluding carboxylic acids is 1. The lowest BCUT2D eigenvalue weighted by atomic mass is 10.2. The van der Waals surface area contributed by atoms with Gasteiger partial charge in [0, 0.05) is 33.2 Å². The number of nitrogens with zero attached hydrogens (tertiary/aromatic N) is 4. The molecule has 0 atom stereocenters. The summed E-state index contributed by atoms with van der Waals surface area (Å²) in [7, 11) is 3.78. The molecule has 0 N–H and O–H groups in total. The summed E-state index contributed by atoms with van der Waals surface area (Å²) in [6.45, 7) is 3.31. The van der Waals surface area contributed by atoms with Crippen molar-refractivity contribution in [3.05, 3.63) is 16.9 Å². The van der Waals surface area contributed by atoms with Gasteiger partial charge in [-0.05, 0) is 7.05 Å². The minimum atomic E-state index is -0.0220. The van der Waals surface area contributed by atoms with Gasteiger partial charge in [-0.15, -0.1) is 0 Å². The summed E-state index contributed by atoms with van der Waals surface area (Å²) in [5, 5.41) is 4.38. The van der Waals surface area contributed by atoms with E-state index in [9.17, 15) is 4.79 Å². The van der Waals surface area contributed by atoms with Crippen LogP contribution in [-0.2, 0) is 7.05 Å². The van der Waals surface area contributed by atoms with E-state index in [-0.39, 0.29) is 5.91 Å². The van der Waals surface area contributed by atoms with Crippen molar-refractivity contribution < 1.29 is 4.79 Å². The molecule has 6 heteroatoms. The predicted molar refractivity (Wildman–Crippen MR) is 61.6 cm³/mol. The number of hydrogen-bond donors (Lipinski definition) is 0. The summed E-state index contributed by atoms with van der Waals surface area (Å²) >= 11 is 5.99. The molecule has 1 aliphatic heterocycles. The number of rotatable bonds is 1. The molecule has 0 aliphatic carbocycles. The highest BCUT2D eigenvalue weighted by Crippen LogP contribution is 2.17. The van der Waals surface area contributed by atoms with Gasteiger partial charge in [0.05, 0.1) is 11.8 Å². The minimum Gasteiger partial charge on any atom is -0.336 e. The SMILES string of the molecule is CN1CCN(C(=O)c2cnn(C)c2Cl)CC1. The lowest BCUT2D eigenvalue weighted by Gasteiger charge is -2.32. The van der Waals surface area contributed by atoms with Crippen LogP contribution in [0.1, 0.15) is 10.4 Å². The molecule has 1 aromatic rings. The van der Waals surface area contributed by atoms with Crippen molar-refractivity contribution in [2.75, 3.05) is 33.2 Å². The zero-order chi connectivity index (χ0) is 11.7. The minimum absolute atomic E-state index is 0.0220. The van der Waals surface area contributed by atoms with E-state index in [1.807, 2.05) is 4.90 Å². The van der Waals surface area contributed by atoms with E-state index in [0.717, 1.165) is 26.2 Å². The first-order chi connectivity index (χ1) is 7.59. The van der Waals surface area contributed by atoms with Crippen molar-refractivity contribution in [2.45, 2.75) is 0 Å². The van der Waals surface area contributed by atoms with Gasteiger partial charge in [-0.1, -0.05) is 11.6 Å². The molecule has 0 unspecified atom stereocenters. The number of hydrogen-bond acceptors (Lipinski definition) is 3. The van der Waals surface area contributed by atoms with Gasteiger partial charge in [-0.3, -0.25) is 9.48 Å². The van der Waals surface area contributed by atoms with Crippen molar-refractivity contribution in [3.8, 4) is 0 Å². The number of amides is 1. The second-order valence-corrected chi connectivity index (χ2v) is 4.43. The Morgan fingerprint density at radius 3 is 2.44 bits per heavy atom. The van der Waals surface area contributed by atoms with Crippen LogP contribution in [0.25, 0.3) is 0 Å². The average Bonchev–Trinajstić information content (AvgIpc) is 2.60. The summed E-state index contributed by atoms with van der Waals surface area (Å²) in [6, 6.07) is 0. The number of aryl methyl sites for hydroxylation is 1. The molecular formula is C10H15ClN4O. The normalized spacial score (nSPS) is 17.8. The van der Waals surface area contributed by atoms with Gasteiger partial charge in [0.1, 0.15) is 5.15 Å². The second kappa shape index (κ2) is 4.43. The molecule has 0 aromatic carbocycles. The number of carbonyl (C=O) groups is 1. The lowest BCUT2D eigenvalue weighted by Crippen LogP contribution is -2.47. The fourth-order valence-electron chi connectivity index (χ4n) is 1.75. The third kappa shape index (κ3) is 2.05. The third-order valence-electron chi connectivity index (χ3n) is 2.89. The van der Waals surface area contributed by atoms with Crippen LogP contribution in [0.15, 0.2) is 6.20 Å². The van der Waals surface area contributed by atoms with Crippen LogP contribution in [0.3, 0.4) is 0 Å². The summed E-state index contributed by atoms with van der Waals surface area (Å²) in [4.78, 5) is 16.1. The maximum absolute atomic E-state index is 12.1. The predicted octanol–water partition coefficient (Wildman–Crippen LogP) is 0.461. The first-order valence-corrected chi connectivity index (χ1v) is 5.62. The number of halogens is 1. The highest BCUT2D eigenvalue weighted by atomic mass is 35.5. The molecule has 1 amide bonds. The van der Waals surface area contributed by atoms with Crippen LogP contribution in [-0.4, -0.2) is 58.7 Å². The van der Waals surface area contributed by atoms with Gasteiger partial charge in [-0.2, -0.15) is 5.10 Å². The standard InChI is InChI=1S/C10H15ClN4O/c1-13-3-5-15(6-4-13)10(16)8-7-12-14(2)9(8)11/h7H,3-6H2,1-2H3. The molecule has 1 aliphatic rings. The number of likely N-dealkylation sites (N-methyl/N-ethyl adjacent to an activating group) is 1. The van der Waals surface area contributed by atoms with Crippen LogP contribution >= 0.6 is 11.6 Å². The van der Waals surface area contributed by atoms with Crippen LogP contribution in [0.5, 0.6) is 0 Å². The Hall–Kier alpha value is -1.07. The molecular weight excluding hydrogens is 228 g/mol. The summed E-state index contributed by atoms with van der Waals surface area (Å²) < 4.78 is 1.50. The molecule has 0 radical (unpaired) electrons. The first-order valence-electron chi connectivity index (χ1n) is 5.25. The summed E-state index contributed by atoms with van der Waals surface area (Å²) in [6.07, 6.45) is 1.53. The Kier molecular flexibility index (Phi) is 3.16. The van der Waals surface area contributed by atoms with Gasteiger partial charge >= 0.3 is 0 Å². The molecule has 0 bridgehead atoms. The fraction of sp³-hybridized carbons (Fsp3) is 0.600. The molecule has 5 nitrogen and oxygen atoms in total. The Morgan fingerprint density at radius 2 is 1.94 bits per heavy atom. The van der Waals surface area contributed by atoms with Crippen LogP contribution in [0.4, 0.5) is 0 Å². The Balaban J connectivity index is 2.11. The first kappa shape index (κ1) is 11.4. The van der Waals surface area contributed by atoms with E-state index in [0.29, 0.717) is 10.7 Å². The molecule has 2 rings (SSSR count). The molecule has 1 saturated heterocycles. The molecule has 16 heavy (non-hydrogen) atoms. The third-order valence-corrected chi connectivity index (χ3v) is 3.34. The second-order valence-electron chi connectivity index (χ2n) is 4.07. The van der Waals surface area contributed by atoms with E-state index in [1.54, 1.807) is 7.05 Å². The van der Waals surface area contributed by atoms with Gasteiger partial charge in [-0.25, -0.2) is 0 Å². The average molecular weight is 243 g/mol. The summed E-state index contributed by atoms with van der Waals surface area (Å²) in [5.74, 6) is -0.0220. The molecule has 0 spiro atoms. The van der Waals surface area contributed by atoms with Crippen molar-refractivity contribution in [2.24, 2.45) is 7.05 Å². The monoisotopic (exact) mass is 242 g/mol. The van der Waals surface area contributed by atoms with Crippen LogP contribution in [0, 0.1) is 0 Å². The van der Waals surface area contributed by atoms with Crippen LogP contribution < -0.4 is 0 Å². The van der Waals surface area contributed by atoms with Gasteiger partial charge in [0.2, 0.25) is 0 Å². The molecule has 1 aromatic heterocycles. The Bertz CT molecular complexity index is 396. The van der Waals surface area contributed by atoms with Crippen molar-refractivity contribution in [1.82, 2.24) is 19.6 Å². The maximum Gasteiger partial charge on any atom is 0.258 e. The van der Waals surface area contributed by atoms with Crippen molar-refractivity contribution in [3.63, 3.8) is 0 Å². The zero-order valence-electron chi connectivity index (χ0n) is 9.48. The summed E-state index contributed by atoms with van der Waals surface area (Å²) in [5.41, 5.74) is 0.494. The van der Waals surface area contributed by atoms with Gasteiger partial charge < -0.3 is 9.80 Å². The highest BCUT2D eigenvalue weighted by Gasteiger charge is 2.23. The lowest BCUT2D eigenvalue weighted by molar-refractivity contribution is 0.0664. The number of aromatic nitrogens is 2. The smallest absolute Gasteiger partial charge is 0.258 e. The maximum atomic E-state index is 12.1. The van der Waals surface area contributed by atoms with Gasteiger partial charge in [0.15, 0.2) is 0 Å². The fourth-order valence-corrected chi connectivity index (χ4v) is 1.92. The largest absolute Gasteiger partial charge is 0.336 e. The van der Waals surface area contributed by atoms with Crippen molar-refractivity contribution >= 4 is 17.5 Å². The van der Waals surface area contributed by atoms with E-state index in [4.69, 9.17) is 11.6 Å². The molecule has 1 fully saturated rings. The number of piperazine rings is 1. The Labute approximate surface area is 99.6 Å². The molecule has 0 saturated carbocycles. The Morgan fingerprint density at radius 1 is 1.31 bits per heavy atom. The quantitative estimate of drug-likeness (QED) is 0.719. The van der Waals surface area contributed by atoms with E-state index in [2.05, 4.69) is 17.0 Å². The van der Waals surface area contributed by atoms with Crippen LogP contribution in [0.2, 0.25) is 5.15 Å².